The second kappa shape index (κ2) is 7.56. The Labute approximate surface area is 115 Å². The maximum absolute atomic E-state index is 13.5. The monoisotopic (exact) mass is 281 g/mol. The van der Waals surface area contributed by atoms with E-state index >= 15 is 0 Å². The SMILES string of the molecule is COCCNCc1cc(F)cc(OCc2ncon2)c1. The minimum atomic E-state index is -0.348. The lowest BCUT2D eigenvalue weighted by molar-refractivity contribution is 0.199. The van der Waals surface area contributed by atoms with Gasteiger partial charge >= 0.3 is 0 Å². The van der Waals surface area contributed by atoms with Crippen molar-refractivity contribution in [1.82, 2.24) is 15.5 Å². The predicted molar refractivity (Wildman–Crippen MR) is 68.6 cm³/mol. The van der Waals surface area contributed by atoms with Crippen LogP contribution in [-0.4, -0.2) is 30.4 Å². The van der Waals surface area contributed by atoms with E-state index in [9.17, 15) is 4.39 Å². The zero-order valence-electron chi connectivity index (χ0n) is 11.1. The molecule has 2 rings (SSSR count). The molecule has 1 N–H and O–H groups in total. The molecule has 1 aromatic carbocycles. The molecule has 1 aromatic heterocycles. The van der Waals surface area contributed by atoms with Crippen LogP contribution in [0.5, 0.6) is 5.75 Å². The number of hydrogen-bond donors (Lipinski definition) is 1. The molecule has 0 radical (unpaired) electrons. The van der Waals surface area contributed by atoms with E-state index < -0.39 is 0 Å². The second-order valence-corrected chi connectivity index (χ2v) is 4.10. The molecule has 1 heterocycles. The molecule has 7 heteroatoms. The lowest BCUT2D eigenvalue weighted by atomic mass is 10.2. The van der Waals surface area contributed by atoms with E-state index in [1.807, 2.05) is 0 Å². The molecule has 0 aliphatic carbocycles. The fraction of sp³-hybridized carbons (Fsp3) is 0.385. The van der Waals surface area contributed by atoms with Crippen molar-refractivity contribution in [3.8, 4) is 5.75 Å². The molecule has 0 saturated heterocycles. The van der Waals surface area contributed by atoms with Gasteiger partial charge in [0, 0.05) is 26.3 Å². The molecule has 0 unspecified atom stereocenters. The van der Waals surface area contributed by atoms with Crippen LogP contribution >= 0.6 is 0 Å². The molecule has 0 atom stereocenters. The van der Waals surface area contributed by atoms with Crippen LogP contribution in [0.25, 0.3) is 0 Å². The molecule has 0 saturated carbocycles. The molecular formula is C13H16FN3O3. The van der Waals surface area contributed by atoms with E-state index in [2.05, 4.69) is 20.0 Å². The van der Waals surface area contributed by atoms with Crippen LogP contribution in [-0.2, 0) is 17.9 Å². The average molecular weight is 281 g/mol. The zero-order valence-corrected chi connectivity index (χ0v) is 11.1. The Balaban J connectivity index is 1.90. The molecule has 0 aliphatic heterocycles. The van der Waals surface area contributed by atoms with Gasteiger partial charge in [-0.2, -0.15) is 4.98 Å². The summed E-state index contributed by atoms with van der Waals surface area (Å²) in [5.74, 6) is 0.492. The Bertz CT molecular complexity index is 520. The Morgan fingerprint density at radius 2 is 2.25 bits per heavy atom. The molecule has 6 nitrogen and oxygen atoms in total. The molecule has 0 fully saturated rings. The van der Waals surface area contributed by atoms with Crippen LogP contribution in [0, 0.1) is 5.82 Å². The first-order chi connectivity index (χ1) is 9.78. The summed E-state index contributed by atoms with van der Waals surface area (Å²) in [5, 5.41) is 6.75. The Morgan fingerprint density at radius 3 is 3.00 bits per heavy atom. The predicted octanol–water partition coefficient (Wildman–Crippen LogP) is 1.52. The topological polar surface area (TPSA) is 69.4 Å². The van der Waals surface area contributed by atoms with Gasteiger partial charge in [-0.1, -0.05) is 5.16 Å². The Hall–Kier alpha value is -1.99. The van der Waals surface area contributed by atoms with Crippen molar-refractivity contribution in [3.05, 3.63) is 41.8 Å². The quantitative estimate of drug-likeness (QED) is 0.740. The van der Waals surface area contributed by atoms with Crippen molar-refractivity contribution in [3.63, 3.8) is 0 Å². The second-order valence-electron chi connectivity index (χ2n) is 4.10. The summed E-state index contributed by atoms with van der Waals surface area (Å²) in [6.07, 6.45) is 1.22. The van der Waals surface area contributed by atoms with E-state index in [1.165, 1.54) is 18.5 Å². The Kier molecular flexibility index (Phi) is 5.45. The normalized spacial score (nSPS) is 10.7. The van der Waals surface area contributed by atoms with Crippen molar-refractivity contribution < 1.29 is 18.4 Å². The number of aromatic nitrogens is 2. The summed E-state index contributed by atoms with van der Waals surface area (Å²) in [7, 11) is 1.63. The third-order valence-electron chi connectivity index (χ3n) is 2.52. The highest BCUT2D eigenvalue weighted by atomic mass is 19.1. The van der Waals surface area contributed by atoms with Gasteiger partial charge in [0.1, 0.15) is 11.6 Å². The summed E-state index contributed by atoms with van der Waals surface area (Å²) in [5.41, 5.74) is 0.796. The van der Waals surface area contributed by atoms with Crippen LogP contribution < -0.4 is 10.1 Å². The highest BCUT2D eigenvalue weighted by Gasteiger charge is 2.04. The number of nitrogens with zero attached hydrogens (tertiary/aromatic N) is 2. The fourth-order valence-electron chi connectivity index (χ4n) is 1.62. The smallest absolute Gasteiger partial charge is 0.213 e. The van der Waals surface area contributed by atoms with Crippen LogP contribution in [0.4, 0.5) is 4.39 Å². The molecule has 2 aromatic rings. The third-order valence-corrected chi connectivity index (χ3v) is 2.52. The summed E-state index contributed by atoms with van der Waals surface area (Å²) >= 11 is 0. The van der Waals surface area contributed by atoms with E-state index in [0.717, 1.165) is 5.56 Å². The number of benzene rings is 1. The maximum Gasteiger partial charge on any atom is 0.213 e. The van der Waals surface area contributed by atoms with Gasteiger partial charge in [-0.05, 0) is 17.7 Å². The van der Waals surface area contributed by atoms with E-state index in [0.29, 0.717) is 31.3 Å². The lowest BCUT2D eigenvalue weighted by Crippen LogP contribution is -2.18. The third kappa shape index (κ3) is 4.60. The molecule has 0 spiro atoms. The van der Waals surface area contributed by atoms with Gasteiger partial charge in [-0.15, -0.1) is 0 Å². The number of hydrogen-bond acceptors (Lipinski definition) is 6. The number of methoxy groups -OCH3 is 1. The molecule has 0 amide bonds. The summed E-state index contributed by atoms with van der Waals surface area (Å²) in [6.45, 7) is 1.98. The summed E-state index contributed by atoms with van der Waals surface area (Å²) in [6, 6.07) is 4.54. The van der Waals surface area contributed by atoms with Crippen LogP contribution in [0.2, 0.25) is 0 Å². The van der Waals surface area contributed by atoms with Gasteiger partial charge in [0.2, 0.25) is 12.2 Å². The lowest BCUT2D eigenvalue weighted by Gasteiger charge is -2.08. The zero-order chi connectivity index (χ0) is 14.2. The van der Waals surface area contributed by atoms with E-state index in [4.69, 9.17) is 9.47 Å². The minimum Gasteiger partial charge on any atom is -0.485 e. The van der Waals surface area contributed by atoms with Gasteiger partial charge in [0.25, 0.3) is 0 Å². The first-order valence-electron chi connectivity index (χ1n) is 6.15. The van der Waals surface area contributed by atoms with Gasteiger partial charge in [-0.3, -0.25) is 0 Å². The number of rotatable bonds is 8. The van der Waals surface area contributed by atoms with Gasteiger partial charge < -0.3 is 19.3 Å². The standard InChI is InChI=1S/C13H16FN3O3/c1-18-3-2-15-7-10-4-11(14)6-12(5-10)19-8-13-16-9-20-17-13/h4-6,9,15H,2-3,7-8H2,1H3. The highest BCUT2D eigenvalue weighted by Crippen LogP contribution is 2.17. The molecule has 108 valence electrons. The molecular weight excluding hydrogens is 265 g/mol. The summed E-state index contributed by atoms with van der Waals surface area (Å²) < 4.78 is 28.4. The molecule has 0 aliphatic rings. The van der Waals surface area contributed by atoms with Crippen molar-refractivity contribution in [2.45, 2.75) is 13.2 Å². The molecule has 20 heavy (non-hydrogen) atoms. The van der Waals surface area contributed by atoms with Crippen molar-refractivity contribution >= 4 is 0 Å². The van der Waals surface area contributed by atoms with Crippen molar-refractivity contribution in [1.29, 1.82) is 0 Å². The van der Waals surface area contributed by atoms with Crippen molar-refractivity contribution in [2.24, 2.45) is 0 Å². The van der Waals surface area contributed by atoms with Gasteiger partial charge in [-0.25, -0.2) is 4.39 Å². The highest BCUT2D eigenvalue weighted by molar-refractivity contribution is 5.29. The van der Waals surface area contributed by atoms with Gasteiger partial charge in [0.15, 0.2) is 6.61 Å². The summed E-state index contributed by atoms with van der Waals surface area (Å²) in [4.78, 5) is 3.82. The van der Waals surface area contributed by atoms with Crippen LogP contribution in [0.3, 0.4) is 0 Å². The Morgan fingerprint density at radius 1 is 1.35 bits per heavy atom. The maximum atomic E-state index is 13.5. The van der Waals surface area contributed by atoms with E-state index in [1.54, 1.807) is 13.2 Å². The average Bonchev–Trinajstić information content (AvgIpc) is 2.94. The van der Waals surface area contributed by atoms with Crippen LogP contribution in [0.15, 0.2) is 29.1 Å². The number of nitrogens with one attached hydrogen (secondary N) is 1. The van der Waals surface area contributed by atoms with Crippen LogP contribution in [0.1, 0.15) is 11.4 Å². The van der Waals surface area contributed by atoms with Crippen molar-refractivity contribution in [2.75, 3.05) is 20.3 Å². The molecule has 0 bridgehead atoms. The van der Waals surface area contributed by atoms with Gasteiger partial charge in [0.05, 0.1) is 6.61 Å². The first-order valence-corrected chi connectivity index (χ1v) is 6.15. The first kappa shape index (κ1) is 14.4. The van der Waals surface area contributed by atoms with E-state index in [-0.39, 0.29) is 12.4 Å². The number of halogens is 1. The fourth-order valence-corrected chi connectivity index (χ4v) is 1.62. The number of ether oxygens (including phenoxy) is 2. The largest absolute Gasteiger partial charge is 0.485 e. The minimum absolute atomic E-state index is 0.135.